The maximum Gasteiger partial charge on any atom is 0.251 e. The van der Waals surface area contributed by atoms with Crippen LogP contribution in [0.1, 0.15) is 42.6 Å². The minimum absolute atomic E-state index is 0.0588. The summed E-state index contributed by atoms with van der Waals surface area (Å²) in [6, 6.07) is 18.0. The first-order chi connectivity index (χ1) is 17.0. The van der Waals surface area contributed by atoms with Crippen LogP contribution in [0, 0.1) is 5.92 Å². The van der Waals surface area contributed by atoms with Crippen LogP contribution in [-0.4, -0.2) is 45.3 Å². The summed E-state index contributed by atoms with van der Waals surface area (Å²) < 4.78 is 4.86. The fourth-order valence-electron chi connectivity index (χ4n) is 4.45. The largest absolute Gasteiger partial charge is 0.353 e. The molecule has 9 heteroatoms. The Kier molecular flexibility index (Phi) is 6.56. The Hall–Kier alpha value is -4.01. The fourth-order valence-corrected chi connectivity index (χ4v) is 4.45. The normalized spacial score (nSPS) is 14.4. The molecule has 0 radical (unpaired) electrons. The van der Waals surface area contributed by atoms with Crippen LogP contribution in [0.15, 0.2) is 59.2 Å². The van der Waals surface area contributed by atoms with Crippen LogP contribution < -0.4 is 15.5 Å². The standard InChI is InChI=1S/C26H29N7O2/c1-17(2)27-26(34)20-9-6-10-21(16-20)28-24-25(30-23-22(29-24)31-35-32-23)33-13-11-19(12-14-33)15-18-7-4-3-5-8-18/h3-10,16-17,19H,11-15H2,1-2H3,(H,27,34)(H,28,29,31). The number of benzene rings is 2. The molecule has 1 amide bonds. The molecule has 1 fully saturated rings. The second-order valence-electron chi connectivity index (χ2n) is 9.26. The van der Waals surface area contributed by atoms with Gasteiger partial charge in [0.15, 0.2) is 11.6 Å². The Bertz CT molecular complexity index is 1300. The van der Waals surface area contributed by atoms with Crippen molar-refractivity contribution in [2.24, 2.45) is 5.92 Å². The Morgan fingerprint density at radius 1 is 1.03 bits per heavy atom. The van der Waals surface area contributed by atoms with Crippen molar-refractivity contribution >= 4 is 34.5 Å². The zero-order chi connectivity index (χ0) is 24.2. The highest BCUT2D eigenvalue weighted by Gasteiger charge is 2.25. The summed E-state index contributed by atoms with van der Waals surface area (Å²) in [4.78, 5) is 24.1. The van der Waals surface area contributed by atoms with Crippen LogP contribution in [0.2, 0.25) is 0 Å². The number of aromatic nitrogens is 4. The number of piperidine rings is 1. The maximum atomic E-state index is 12.5. The lowest BCUT2D eigenvalue weighted by molar-refractivity contribution is 0.0943. The van der Waals surface area contributed by atoms with Gasteiger partial charge in [-0.05, 0) is 73.1 Å². The first kappa shape index (κ1) is 22.8. The minimum Gasteiger partial charge on any atom is -0.353 e. The van der Waals surface area contributed by atoms with Gasteiger partial charge in [0.25, 0.3) is 5.91 Å². The SMILES string of the molecule is CC(C)NC(=O)c1cccc(Nc2nc3nonc3nc2N2CCC(Cc3ccccc3)CC2)c1. The third-order valence-electron chi connectivity index (χ3n) is 6.18. The highest BCUT2D eigenvalue weighted by molar-refractivity contribution is 5.95. The molecule has 1 aliphatic rings. The lowest BCUT2D eigenvalue weighted by Crippen LogP contribution is -2.35. The topological polar surface area (TPSA) is 109 Å². The summed E-state index contributed by atoms with van der Waals surface area (Å²) in [5, 5.41) is 14.0. The first-order valence-corrected chi connectivity index (χ1v) is 12.0. The van der Waals surface area contributed by atoms with Gasteiger partial charge >= 0.3 is 0 Å². The molecule has 0 aliphatic carbocycles. The van der Waals surface area contributed by atoms with Gasteiger partial charge in [0.05, 0.1) is 0 Å². The molecular formula is C26H29N7O2. The molecule has 3 heterocycles. The molecule has 9 nitrogen and oxygen atoms in total. The quantitative estimate of drug-likeness (QED) is 0.409. The molecule has 0 saturated carbocycles. The second-order valence-corrected chi connectivity index (χ2v) is 9.26. The van der Waals surface area contributed by atoms with E-state index in [2.05, 4.69) is 61.2 Å². The average Bonchev–Trinajstić information content (AvgIpc) is 3.32. The summed E-state index contributed by atoms with van der Waals surface area (Å²) >= 11 is 0. The zero-order valence-corrected chi connectivity index (χ0v) is 19.9. The molecule has 0 unspecified atom stereocenters. The second kappa shape index (κ2) is 10.1. The zero-order valence-electron chi connectivity index (χ0n) is 19.9. The lowest BCUT2D eigenvalue weighted by atomic mass is 9.90. The van der Waals surface area contributed by atoms with Gasteiger partial charge in [-0.1, -0.05) is 36.4 Å². The van der Waals surface area contributed by atoms with Gasteiger partial charge in [0.2, 0.25) is 11.3 Å². The van der Waals surface area contributed by atoms with Gasteiger partial charge in [-0.25, -0.2) is 14.6 Å². The van der Waals surface area contributed by atoms with Gasteiger partial charge in [-0.3, -0.25) is 4.79 Å². The Balaban J connectivity index is 1.35. The number of carbonyl (C=O) groups excluding carboxylic acids is 1. The van der Waals surface area contributed by atoms with E-state index in [1.807, 2.05) is 26.0 Å². The number of nitrogens with zero attached hydrogens (tertiary/aromatic N) is 5. The Labute approximate surface area is 203 Å². The monoisotopic (exact) mass is 471 g/mol. The van der Waals surface area contributed by atoms with E-state index >= 15 is 0 Å². The highest BCUT2D eigenvalue weighted by atomic mass is 16.6. The number of rotatable bonds is 7. The third kappa shape index (κ3) is 5.40. The smallest absolute Gasteiger partial charge is 0.251 e. The number of fused-ring (bicyclic) bond motifs is 1. The summed E-state index contributed by atoms with van der Waals surface area (Å²) in [6.07, 6.45) is 3.22. The van der Waals surface area contributed by atoms with Crippen molar-refractivity contribution in [1.29, 1.82) is 0 Å². The van der Waals surface area contributed by atoms with E-state index in [0.717, 1.165) is 38.0 Å². The molecule has 1 saturated heterocycles. The van der Waals surface area contributed by atoms with Crippen LogP contribution in [-0.2, 0) is 6.42 Å². The van der Waals surface area contributed by atoms with Gasteiger partial charge in [0.1, 0.15) is 0 Å². The molecule has 0 bridgehead atoms. The molecular weight excluding hydrogens is 442 g/mol. The molecule has 2 aromatic heterocycles. The van der Waals surface area contributed by atoms with Crippen molar-refractivity contribution < 1.29 is 9.42 Å². The molecule has 4 aromatic rings. The molecule has 180 valence electrons. The van der Waals surface area contributed by atoms with E-state index < -0.39 is 0 Å². The number of carbonyl (C=O) groups is 1. The molecule has 2 aromatic carbocycles. The van der Waals surface area contributed by atoms with Gasteiger partial charge in [-0.15, -0.1) is 0 Å². The van der Waals surface area contributed by atoms with Crippen molar-refractivity contribution in [2.45, 2.75) is 39.2 Å². The maximum absolute atomic E-state index is 12.5. The molecule has 2 N–H and O–H groups in total. The third-order valence-corrected chi connectivity index (χ3v) is 6.18. The van der Waals surface area contributed by atoms with E-state index in [4.69, 9.17) is 9.61 Å². The predicted octanol–water partition coefficient (Wildman–Crippen LogP) is 4.35. The van der Waals surface area contributed by atoms with Crippen molar-refractivity contribution in [3.8, 4) is 0 Å². The molecule has 35 heavy (non-hydrogen) atoms. The Morgan fingerprint density at radius 2 is 1.77 bits per heavy atom. The number of anilines is 3. The molecule has 5 rings (SSSR count). The summed E-state index contributed by atoms with van der Waals surface area (Å²) in [5.74, 6) is 1.79. The van der Waals surface area contributed by atoms with E-state index in [1.54, 1.807) is 12.1 Å². The summed E-state index contributed by atoms with van der Waals surface area (Å²) in [6.45, 7) is 5.61. The highest BCUT2D eigenvalue weighted by Crippen LogP contribution is 2.31. The van der Waals surface area contributed by atoms with E-state index in [1.165, 1.54) is 5.56 Å². The van der Waals surface area contributed by atoms with Crippen LogP contribution in [0.5, 0.6) is 0 Å². The van der Waals surface area contributed by atoms with Gasteiger partial charge in [-0.2, -0.15) is 0 Å². The molecule has 0 spiro atoms. The fraction of sp³-hybridized carbons (Fsp3) is 0.346. The van der Waals surface area contributed by atoms with Crippen molar-refractivity contribution in [1.82, 2.24) is 25.6 Å². The number of hydrogen-bond acceptors (Lipinski definition) is 8. The molecule has 1 aliphatic heterocycles. The minimum atomic E-state index is -0.119. The molecule has 0 atom stereocenters. The van der Waals surface area contributed by atoms with E-state index in [9.17, 15) is 4.79 Å². The number of amides is 1. The van der Waals surface area contributed by atoms with E-state index in [-0.39, 0.29) is 11.9 Å². The van der Waals surface area contributed by atoms with Crippen LogP contribution >= 0.6 is 0 Å². The van der Waals surface area contributed by atoms with Gasteiger partial charge < -0.3 is 15.5 Å². The van der Waals surface area contributed by atoms with Gasteiger partial charge in [0, 0.05) is 30.4 Å². The number of nitrogens with one attached hydrogen (secondary N) is 2. The Morgan fingerprint density at radius 3 is 2.51 bits per heavy atom. The summed E-state index contributed by atoms with van der Waals surface area (Å²) in [5.41, 5.74) is 3.41. The predicted molar refractivity (Wildman–Crippen MR) is 135 cm³/mol. The average molecular weight is 472 g/mol. The number of hydrogen-bond donors (Lipinski definition) is 2. The van der Waals surface area contributed by atoms with Crippen LogP contribution in [0.3, 0.4) is 0 Å². The summed E-state index contributed by atoms with van der Waals surface area (Å²) in [7, 11) is 0. The lowest BCUT2D eigenvalue weighted by Gasteiger charge is -2.33. The van der Waals surface area contributed by atoms with Crippen molar-refractivity contribution in [3.63, 3.8) is 0 Å². The van der Waals surface area contributed by atoms with E-state index in [0.29, 0.717) is 34.4 Å². The van der Waals surface area contributed by atoms with Crippen molar-refractivity contribution in [2.75, 3.05) is 23.3 Å². The van der Waals surface area contributed by atoms with Crippen LogP contribution in [0.25, 0.3) is 11.3 Å². The van der Waals surface area contributed by atoms with Crippen LogP contribution in [0.4, 0.5) is 17.3 Å². The van der Waals surface area contributed by atoms with Crippen molar-refractivity contribution in [3.05, 3.63) is 65.7 Å². The first-order valence-electron chi connectivity index (χ1n) is 12.0.